The Kier molecular flexibility index (Phi) is 4.18. The summed E-state index contributed by atoms with van der Waals surface area (Å²) in [5, 5.41) is 19.0. The highest BCUT2D eigenvalue weighted by molar-refractivity contribution is 14.1. The molecule has 0 spiro atoms. The topological polar surface area (TPSA) is 74.6 Å². The third-order valence-electron chi connectivity index (χ3n) is 3.77. The maximum absolute atomic E-state index is 13.1. The molecule has 2 atom stereocenters. The Labute approximate surface area is 134 Å². The molecular weight excluding hydrogens is 390 g/mol. The Balaban J connectivity index is 2.66. The largest absolute Gasteiger partial charge is 0.480 e. The van der Waals surface area contributed by atoms with Crippen molar-refractivity contribution in [3.8, 4) is 0 Å². The van der Waals surface area contributed by atoms with Crippen LogP contribution in [-0.2, 0) is 15.0 Å². The standard InChI is InChI=1S/C15H12FIO4/c1-8-12(13(18)19)11(17)6-7-15(8,14(20)21)9-2-4-10(16)5-3-9/h2-8H,1H3,(H,18,19)(H,20,21). The second kappa shape index (κ2) is 5.59. The lowest BCUT2D eigenvalue weighted by molar-refractivity contribution is -0.143. The molecule has 1 aliphatic carbocycles. The summed E-state index contributed by atoms with van der Waals surface area (Å²) >= 11 is 1.87. The van der Waals surface area contributed by atoms with Crippen LogP contribution in [0.25, 0.3) is 0 Å². The molecule has 0 heterocycles. The van der Waals surface area contributed by atoms with Gasteiger partial charge in [-0.15, -0.1) is 0 Å². The van der Waals surface area contributed by atoms with E-state index in [0.717, 1.165) is 0 Å². The van der Waals surface area contributed by atoms with E-state index in [1.165, 1.54) is 36.4 Å². The first-order chi connectivity index (χ1) is 9.80. The van der Waals surface area contributed by atoms with Crippen LogP contribution < -0.4 is 0 Å². The first kappa shape index (κ1) is 15.7. The minimum atomic E-state index is -1.52. The van der Waals surface area contributed by atoms with Crippen molar-refractivity contribution in [1.82, 2.24) is 0 Å². The maximum atomic E-state index is 13.1. The Morgan fingerprint density at radius 1 is 1.24 bits per heavy atom. The van der Waals surface area contributed by atoms with Gasteiger partial charge in [0.25, 0.3) is 0 Å². The second-order valence-corrected chi connectivity index (χ2v) is 5.97. The van der Waals surface area contributed by atoms with E-state index >= 15 is 0 Å². The van der Waals surface area contributed by atoms with E-state index < -0.39 is 29.1 Å². The molecule has 2 rings (SSSR count). The molecule has 0 aromatic heterocycles. The van der Waals surface area contributed by atoms with Gasteiger partial charge < -0.3 is 10.2 Å². The summed E-state index contributed by atoms with van der Waals surface area (Å²) in [6.07, 6.45) is 2.96. The van der Waals surface area contributed by atoms with Gasteiger partial charge in [0.15, 0.2) is 0 Å². The first-order valence-electron chi connectivity index (χ1n) is 6.12. The molecule has 0 aliphatic heterocycles. The van der Waals surface area contributed by atoms with Gasteiger partial charge in [0.05, 0.1) is 5.57 Å². The number of carboxylic acid groups (broad SMARTS) is 2. The van der Waals surface area contributed by atoms with Crippen LogP contribution in [0.2, 0.25) is 0 Å². The van der Waals surface area contributed by atoms with Crippen molar-refractivity contribution in [2.45, 2.75) is 12.3 Å². The fraction of sp³-hybridized carbons (Fsp3) is 0.200. The molecule has 1 aromatic rings. The van der Waals surface area contributed by atoms with Crippen LogP contribution in [-0.4, -0.2) is 22.2 Å². The highest BCUT2D eigenvalue weighted by Gasteiger charge is 2.48. The van der Waals surface area contributed by atoms with Gasteiger partial charge in [-0.3, -0.25) is 4.79 Å². The molecule has 1 aliphatic rings. The zero-order chi connectivity index (χ0) is 15.8. The van der Waals surface area contributed by atoms with E-state index in [1.807, 2.05) is 22.6 Å². The Bertz CT molecular complexity index is 663. The van der Waals surface area contributed by atoms with Gasteiger partial charge in [-0.1, -0.05) is 31.2 Å². The molecule has 21 heavy (non-hydrogen) atoms. The van der Waals surface area contributed by atoms with Crippen molar-refractivity contribution in [1.29, 1.82) is 0 Å². The van der Waals surface area contributed by atoms with Crippen molar-refractivity contribution in [2.24, 2.45) is 5.92 Å². The van der Waals surface area contributed by atoms with Gasteiger partial charge in [-0.2, -0.15) is 0 Å². The summed E-state index contributed by atoms with van der Waals surface area (Å²) in [6.45, 7) is 1.56. The molecule has 2 unspecified atom stereocenters. The SMILES string of the molecule is CC1C(C(=O)O)=C(I)C=CC1(C(=O)O)c1ccc(F)cc1. The average molecular weight is 402 g/mol. The highest BCUT2D eigenvalue weighted by Crippen LogP contribution is 2.44. The van der Waals surface area contributed by atoms with Crippen LogP contribution in [0.4, 0.5) is 4.39 Å². The number of rotatable bonds is 3. The van der Waals surface area contributed by atoms with E-state index in [1.54, 1.807) is 6.92 Å². The Morgan fingerprint density at radius 2 is 1.81 bits per heavy atom. The van der Waals surface area contributed by atoms with Crippen LogP contribution >= 0.6 is 22.6 Å². The minimum Gasteiger partial charge on any atom is -0.480 e. The number of hydrogen-bond donors (Lipinski definition) is 2. The quantitative estimate of drug-likeness (QED) is 0.763. The molecule has 0 fully saturated rings. The monoisotopic (exact) mass is 402 g/mol. The van der Waals surface area contributed by atoms with Crippen molar-refractivity contribution in [3.05, 3.63) is 57.0 Å². The third kappa shape index (κ3) is 2.48. The van der Waals surface area contributed by atoms with E-state index in [0.29, 0.717) is 9.14 Å². The molecule has 110 valence electrons. The second-order valence-electron chi connectivity index (χ2n) is 4.80. The summed E-state index contributed by atoms with van der Waals surface area (Å²) in [5.41, 5.74) is -1.12. The normalized spacial score (nSPS) is 25.0. The Hall–Kier alpha value is -1.70. The molecule has 1 aromatic carbocycles. The molecule has 0 amide bonds. The molecule has 0 saturated heterocycles. The zero-order valence-electron chi connectivity index (χ0n) is 11.0. The van der Waals surface area contributed by atoms with Crippen LogP contribution in [0.1, 0.15) is 12.5 Å². The fourth-order valence-electron chi connectivity index (χ4n) is 2.61. The summed E-state index contributed by atoms with van der Waals surface area (Å²) < 4.78 is 13.6. The van der Waals surface area contributed by atoms with E-state index in [9.17, 15) is 24.2 Å². The van der Waals surface area contributed by atoms with Gasteiger partial charge in [-0.25, -0.2) is 9.18 Å². The molecule has 2 N–H and O–H groups in total. The lowest BCUT2D eigenvalue weighted by Crippen LogP contribution is -2.43. The number of allylic oxidation sites excluding steroid dienone is 2. The summed E-state index contributed by atoms with van der Waals surface area (Å²) in [6, 6.07) is 5.10. The number of hydrogen-bond acceptors (Lipinski definition) is 2. The lowest BCUT2D eigenvalue weighted by atomic mass is 9.66. The van der Waals surface area contributed by atoms with Crippen LogP contribution in [0, 0.1) is 11.7 Å². The van der Waals surface area contributed by atoms with Crippen molar-refractivity contribution in [3.63, 3.8) is 0 Å². The summed E-state index contributed by atoms with van der Waals surface area (Å²) in [7, 11) is 0. The number of aliphatic carboxylic acids is 2. The predicted octanol–water partition coefficient (Wildman–Crippen LogP) is 3.13. The molecule has 6 heteroatoms. The van der Waals surface area contributed by atoms with Crippen molar-refractivity contribution >= 4 is 34.5 Å². The number of carbonyl (C=O) groups is 2. The zero-order valence-corrected chi connectivity index (χ0v) is 13.2. The Morgan fingerprint density at radius 3 is 2.29 bits per heavy atom. The third-order valence-corrected chi connectivity index (χ3v) is 4.71. The first-order valence-corrected chi connectivity index (χ1v) is 7.20. The van der Waals surface area contributed by atoms with Gasteiger partial charge in [0, 0.05) is 9.50 Å². The predicted molar refractivity (Wildman–Crippen MR) is 82.7 cm³/mol. The van der Waals surface area contributed by atoms with E-state index in [-0.39, 0.29) is 5.57 Å². The van der Waals surface area contributed by atoms with Gasteiger partial charge in [0.1, 0.15) is 11.2 Å². The van der Waals surface area contributed by atoms with E-state index in [2.05, 4.69) is 0 Å². The fourth-order valence-corrected chi connectivity index (χ4v) is 3.49. The summed E-state index contributed by atoms with van der Waals surface area (Å²) in [4.78, 5) is 23.3. The van der Waals surface area contributed by atoms with Gasteiger partial charge >= 0.3 is 11.9 Å². The van der Waals surface area contributed by atoms with Crippen molar-refractivity contribution in [2.75, 3.05) is 0 Å². The summed E-state index contributed by atoms with van der Waals surface area (Å²) in [5.74, 6) is -3.57. The average Bonchev–Trinajstić information content (AvgIpc) is 2.40. The maximum Gasteiger partial charge on any atom is 0.332 e. The molecule has 0 radical (unpaired) electrons. The van der Waals surface area contributed by atoms with E-state index in [4.69, 9.17) is 0 Å². The highest BCUT2D eigenvalue weighted by atomic mass is 127. The molecular formula is C15H12FIO4. The van der Waals surface area contributed by atoms with Crippen molar-refractivity contribution < 1.29 is 24.2 Å². The number of benzene rings is 1. The molecule has 4 nitrogen and oxygen atoms in total. The smallest absolute Gasteiger partial charge is 0.332 e. The van der Waals surface area contributed by atoms with Crippen LogP contribution in [0.3, 0.4) is 0 Å². The molecule has 0 bridgehead atoms. The van der Waals surface area contributed by atoms with Gasteiger partial charge in [-0.05, 0) is 40.3 Å². The lowest BCUT2D eigenvalue weighted by Gasteiger charge is -2.36. The molecule has 0 saturated carbocycles. The minimum absolute atomic E-state index is 0.0461. The van der Waals surface area contributed by atoms with Crippen LogP contribution in [0.5, 0.6) is 0 Å². The number of carboxylic acids is 2. The van der Waals surface area contributed by atoms with Gasteiger partial charge in [0.2, 0.25) is 0 Å². The number of halogens is 2. The van der Waals surface area contributed by atoms with Crippen LogP contribution in [0.15, 0.2) is 45.6 Å².